The number of nitrogens with zero attached hydrogens (tertiary/aromatic N) is 1. The van der Waals surface area contributed by atoms with Gasteiger partial charge in [0.25, 0.3) is 0 Å². The lowest BCUT2D eigenvalue weighted by atomic mass is 10.1. The number of hydrogen-bond donors (Lipinski definition) is 1. The minimum absolute atomic E-state index is 0.240. The van der Waals surface area contributed by atoms with E-state index in [1.807, 2.05) is 30.1 Å². The summed E-state index contributed by atoms with van der Waals surface area (Å²) in [6, 6.07) is 12.1. The lowest BCUT2D eigenvalue weighted by Gasteiger charge is -2.23. The van der Waals surface area contributed by atoms with Crippen molar-refractivity contribution in [3.63, 3.8) is 0 Å². The van der Waals surface area contributed by atoms with E-state index in [1.165, 1.54) is 12.1 Å². The van der Waals surface area contributed by atoms with E-state index in [9.17, 15) is 4.39 Å². The Bertz CT molecular complexity index is 555. The molecule has 2 N–H and O–H groups in total. The molecule has 0 spiro atoms. The number of hydrogen-bond acceptors (Lipinski definition) is 2. The van der Waals surface area contributed by atoms with Gasteiger partial charge in [0, 0.05) is 23.4 Å². The second kappa shape index (κ2) is 6.04. The van der Waals surface area contributed by atoms with Gasteiger partial charge in [0.05, 0.1) is 0 Å². The van der Waals surface area contributed by atoms with E-state index < -0.39 is 0 Å². The molecule has 2 aromatic rings. The molecule has 0 bridgehead atoms. The number of rotatable bonds is 4. The molecule has 4 heteroatoms. The Morgan fingerprint density at radius 1 is 1.16 bits per heavy atom. The quantitative estimate of drug-likeness (QED) is 0.923. The zero-order valence-electron chi connectivity index (χ0n) is 10.7. The van der Waals surface area contributed by atoms with Crippen LogP contribution in [0.1, 0.15) is 5.56 Å². The van der Waals surface area contributed by atoms with E-state index in [2.05, 4.69) is 0 Å². The predicted octanol–water partition coefficient (Wildman–Crippen LogP) is 3.75. The smallest absolute Gasteiger partial charge is 0.123 e. The molecule has 2 aromatic carbocycles. The van der Waals surface area contributed by atoms with E-state index >= 15 is 0 Å². The lowest BCUT2D eigenvalue weighted by Crippen LogP contribution is -2.13. The normalized spacial score (nSPS) is 10.5. The van der Waals surface area contributed by atoms with Gasteiger partial charge >= 0.3 is 0 Å². The topological polar surface area (TPSA) is 29.3 Å². The molecule has 0 saturated heterocycles. The molecular weight excluding hydrogens is 263 g/mol. The van der Waals surface area contributed by atoms with Gasteiger partial charge in [-0.05, 0) is 61.0 Å². The summed E-state index contributed by atoms with van der Waals surface area (Å²) in [5, 5.41) is 0.694. The van der Waals surface area contributed by atoms with Crippen LogP contribution >= 0.6 is 11.6 Å². The van der Waals surface area contributed by atoms with Crippen molar-refractivity contribution in [2.75, 3.05) is 18.5 Å². The minimum atomic E-state index is -0.240. The second-order valence-electron chi connectivity index (χ2n) is 4.35. The van der Waals surface area contributed by atoms with Crippen LogP contribution in [0.4, 0.5) is 15.8 Å². The van der Waals surface area contributed by atoms with Crippen LogP contribution in [-0.4, -0.2) is 13.6 Å². The summed E-state index contributed by atoms with van der Waals surface area (Å²) in [6.07, 6.45) is 0.751. The van der Waals surface area contributed by atoms with Gasteiger partial charge in [0.1, 0.15) is 5.82 Å². The van der Waals surface area contributed by atoms with E-state index in [0.29, 0.717) is 11.6 Å². The van der Waals surface area contributed by atoms with Crippen LogP contribution < -0.4 is 10.6 Å². The second-order valence-corrected chi connectivity index (χ2v) is 4.78. The van der Waals surface area contributed by atoms with Gasteiger partial charge in [-0.15, -0.1) is 0 Å². The Balaban J connectivity index is 2.37. The van der Waals surface area contributed by atoms with Crippen molar-refractivity contribution in [3.05, 3.63) is 58.9 Å². The average Bonchev–Trinajstić information content (AvgIpc) is 2.39. The van der Waals surface area contributed by atoms with E-state index in [1.54, 1.807) is 12.1 Å². The van der Waals surface area contributed by atoms with Gasteiger partial charge in [-0.25, -0.2) is 4.39 Å². The highest BCUT2D eigenvalue weighted by molar-refractivity contribution is 6.30. The van der Waals surface area contributed by atoms with Gasteiger partial charge in [0.15, 0.2) is 0 Å². The van der Waals surface area contributed by atoms with Crippen molar-refractivity contribution in [2.24, 2.45) is 5.73 Å². The van der Waals surface area contributed by atoms with Crippen LogP contribution in [0.3, 0.4) is 0 Å². The van der Waals surface area contributed by atoms with Gasteiger partial charge in [-0.3, -0.25) is 0 Å². The number of halogens is 2. The molecule has 0 aliphatic heterocycles. The summed E-state index contributed by atoms with van der Waals surface area (Å²) >= 11 is 6.02. The zero-order valence-corrected chi connectivity index (χ0v) is 11.5. The molecule has 0 aliphatic rings. The van der Waals surface area contributed by atoms with Crippen LogP contribution in [0.25, 0.3) is 0 Å². The van der Waals surface area contributed by atoms with Crippen LogP contribution in [-0.2, 0) is 6.42 Å². The molecule has 0 radical (unpaired) electrons. The summed E-state index contributed by atoms with van der Waals surface area (Å²) < 4.78 is 13.0. The largest absolute Gasteiger partial charge is 0.344 e. The number of nitrogens with two attached hydrogens (primary N) is 1. The standard InChI is InChI=1S/C15H16ClFN2/c1-19(14-5-3-13(17)4-6-14)15-7-2-12(16)10-11(15)8-9-18/h2-7,10H,8-9,18H2,1H3. The van der Waals surface area contributed by atoms with Crippen molar-refractivity contribution in [1.29, 1.82) is 0 Å². The molecule has 0 fully saturated rings. The van der Waals surface area contributed by atoms with E-state index in [-0.39, 0.29) is 5.82 Å². The molecule has 0 unspecified atom stereocenters. The maximum atomic E-state index is 13.0. The van der Waals surface area contributed by atoms with Gasteiger partial charge in [-0.1, -0.05) is 11.6 Å². The fourth-order valence-electron chi connectivity index (χ4n) is 2.04. The molecular formula is C15H16ClFN2. The molecule has 0 heterocycles. The highest BCUT2D eigenvalue weighted by Gasteiger charge is 2.09. The highest BCUT2D eigenvalue weighted by Crippen LogP contribution is 2.29. The molecule has 2 rings (SSSR count). The van der Waals surface area contributed by atoms with Gasteiger partial charge < -0.3 is 10.6 Å². The van der Waals surface area contributed by atoms with Crippen molar-refractivity contribution in [2.45, 2.75) is 6.42 Å². The molecule has 0 aliphatic carbocycles. The average molecular weight is 279 g/mol. The first-order valence-electron chi connectivity index (χ1n) is 6.09. The SMILES string of the molecule is CN(c1ccc(F)cc1)c1ccc(Cl)cc1CCN. The molecule has 0 atom stereocenters. The van der Waals surface area contributed by atoms with E-state index in [0.717, 1.165) is 23.4 Å². The third kappa shape index (κ3) is 3.25. The first kappa shape index (κ1) is 13.8. The van der Waals surface area contributed by atoms with Crippen LogP contribution in [0.15, 0.2) is 42.5 Å². The van der Waals surface area contributed by atoms with Gasteiger partial charge in [-0.2, -0.15) is 0 Å². The summed E-state index contributed by atoms with van der Waals surface area (Å²) in [5.41, 5.74) is 8.66. The van der Waals surface area contributed by atoms with E-state index in [4.69, 9.17) is 17.3 Å². The first-order chi connectivity index (χ1) is 9.11. The minimum Gasteiger partial charge on any atom is -0.344 e. The third-order valence-electron chi connectivity index (χ3n) is 3.03. The summed E-state index contributed by atoms with van der Waals surface area (Å²) in [4.78, 5) is 2.00. The molecule has 0 saturated carbocycles. The highest BCUT2D eigenvalue weighted by atomic mass is 35.5. The molecule has 0 amide bonds. The van der Waals surface area contributed by atoms with Crippen molar-refractivity contribution < 1.29 is 4.39 Å². The fraction of sp³-hybridized carbons (Fsp3) is 0.200. The Kier molecular flexibility index (Phi) is 4.40. The molecule has 19 heavy (non-hydrogen) atoms. The van der Waals surface area contributed by atoms with Crippen LogP contribution in [0.5, 0.6) is 0 Å². The number of benzene rings is 2. The lowest BCUT2D eigenvalue weighted by molar-refractivity contribution is 0.628. The maximum absolute atomic E-state index is 13.0. The Labute approximate surface area is 117 Å². The monoisotopic (exact) mass is 278 g/mol. The van der Waals surface area contributed by atoms with Gasteiger partial charge in [0.2, 0.25) is 0 Å². The van der Waals surface area contributed by atoms with Crippen molar-refractivity contribution in [3.8, 4) is 0 Å². The third-order valence-corrected chi connectivity index (χ3v) is 3.27. The molecule has 100 valence electrons. The fourth-order valence-corrected chi connectivity index (χ4v) is 2.24. The summed E-state index contributed by atoms with van der Waals surface area (Å²) in [7, 11) is 1.94. The zero-order chi connectivity index (χ0) is 13.8. The molecule has 2 nitrogen and oxygen atoms in total. The first-order valence-corrected chi connectivity index (χ1v) is 6.47. The van der Waals surface area contributed by atoms with Crippen LogP contribution in [0.2, 0.25) is 5.02 Å². The summed E-state index contributed by atoms with van der Waals surface area (Å²) in [5.74, 6) is -0.240. The van der Waals surface area contributed by atoms with Crippen molar-refractivity contribution >= 4 is 23.0 Å². The summed E-state index contributed by atoms with van der Waals surface area (Å²) in [6.45, 7) is 0.560. The molecule has 0 aromatic heterocycles. The van der Waals surface area contributed by atoms with Crippen LogP contribution in [0, 0.1) is 5.82 Å². The number of anilines is 2. The Morgan fingerprint density at radius 2 is 1.84 bits per heavy atom. The Hall–Kier alpha value is -1.58. The maximum Gasteiger partial charge on any atom is 0.123 e. The Morgan fingerprint density at radius 3 is 2.47 bits per heavy atom. The predicted molar refractivity (Wildman–Crippen MR) is 78.7 cm³/mol. The van der Waals surface area contributed by atoms with Crippen molar-refractivity contribution in [1.82, 2.24) is 0 Å².